The molecule has 3 aromatic carbocycles. The first-order valence-corrected chi connectivity index (χ1v) is 10.7. The number of nitrogens with one attached hydrogen (secondary N) is 2. The number of likely N-dealkylation sites (N-methyl/N-ethyl adjacent to an activating group) is 1. The van der Waals surface area contributed by atoms with E-state index in [4.69, 9.17) is 14.9 Å². The van der Waals surface area contributed by atoms with E-state index in [0.29, 0.717) is 5.82 Å². The summed E-state index contributed by atoms with van der Waals surface area (Å²) in [6.45, 7) is 2.20. The molecule has 4 aromatic rings. The molecule has 1 aromatic heterocycles. The number of hydrogen-bond donors (Lipinski definition) is 2. The van der Waals surface area contributed by atoms with E-state index >= 15 is 0 Å². The smallest absolute Gasteiger partial charge is 0.143 e. The summed E-state index contributed by atoms with van der Waals surface area (Å²) < 4.78 is 11.0. The van der Waals surface area contributed by atoms with Crippen molar-refractivity contribution in [3.63, 3.8) is 0 Å². The fourth-order valence-corrected chi connectivity index (χ4v) is 3.30. The minimum absolute atomic E-state index is 0.196. The molecule has 0 saturated heterocycles. The zero-order chi connectivity index (χ0) is 23.9. The zero-order valence-corrected chi connectivity index (χ0v) is 19.3. The van der Waals surface area contributed by atoms with Gasteiger partial charge in [0, 0.05) is 25.2 Å². The highest BCUT2D eigenvalue weighted by Gasteiger charge is 2.08. The maximum absolute atomic E-state index is 7.89. The van der Waals surface area contributed by atoms with Gasteiger partial charge in [-0.2, -0.15) is 5.10 Å². The van der Waals surface area contributed by atoms with Crippen LogP contribution in [0, 0.1) is 12.3 Å². The van der Waals surface area contributed by atoms with E-state index in [0.717, 1.165) is 39.2 Å². The van der Waals surface area contributed by atoms with Crippen LogP contribution in [0.2, 0.25) is 0 Å². The van der Waals surface area contributed by atoms with Gasteiger partial charge >= 0.3 is 0 Å². The number of hydrazone groups is 1. The van der Waals surface area contributed by atoms with Crippen molar-refractivity contribution in [2.75, 3.05) is 26.1 Å². The fourth-order valence-electron chi connectivity index (χ4n) is 3.30. The van der Waals surface area contributed by atoms with Crippen LogP contribution in [0.4, 0.5) is 11.5 Å². The van der Waals surface area contributed by atoms with Gasteiger partial charge < -0.3 is 14.8 Å². The average molecular weight is 455 g/mol. The molecule has 0 aliphatic heterocycles. The van der Waals surface area contributed by atoms with Crippen molar-refractivity contribution in [1.82, 2.24) is 15.0 Å². The predicted molar refractivity (Wildman–Crippen MR) is 135 cm³/mol. The van der Waals surface area contributed by atoms with Crippen LogP contribution in [0.1, 0.15) is 11.1 Å². The number of para-hydroxylation sites is 1. The largest absolute Gasteiger partial charge is 0.457 e. The minimum atomic E-state index is 0.196. The third-order valence-corrected chi connectivity index (χ3v) is 5.12. The predicted octanol–water partition coefficient (Wildman–Crippen LogP) is 5.36. The van der Waals surface area contributed by atoms with Crippen LogP contribution in [0.25, 0.3) is 10.9 Å². The second kappa shape index (κ2) is 10.5. The number of amidine groups is 1. The second-order valence-electron chi connectivity index (χ2n) is 7.67. The van der Waals surface area contributed by atoms with Crippen LogP contribution in [0.3, 0.4) is 0 Å². The Morgan fingerprint density at radius 1 is 1.09 bits per heavy atom. The molecule has 0 aliphatic rings. The van der Waals surface area contributed by atoms with Gasteiger partial charge in [0.05, 0.1) is 11.7 Å². The Morgan fingerprint density at radius 2 is 1.91 bits per heavy atom. The molecule has 0 radical (unpaired) electrons. The number of aryl methyl sites for hydroxylation is 1. The normalized spacial score (nSPS) is 11.0. The standard InChI is InChI=1S/C26H26N6O2/c1-18-13-20(10-12-24(18)34-21-7-5-4-6-8-21)31-26-22-14-19(9-11-23(22)28-17-29-26)15-30-32(2)25(27)16-33-3/h4-15,17,27H,16H2,1-3H3,(H,28,29,31). The molecule has 0 amide bonds. The Morgan fingerprint density at radius 3 is 2.68 bits per heavy atom. The number of methoxy groups -OCH3 is 1. The van der Waals surface area contributed by atoms with Crippen molar-refractivity contribution >= 4 is 34.5 Å². The molecule has 2 N–H and O–H groups in total. The Bertz CT molecular complexity index is 1320. The van der Waals surface area contributed by atoms with Crippen LogP contribution in [-0.4, -0.2) is 47.8 Å². The Hall–Kier alpha value is -4.30. The summed E-state index contributed by atoms with van der Waals surface area (Å²) in [6, 6.07) is 21.4. The third kappa shape index (κ3) is 5.54. The van der Waals surface area contributed by atoms with Gasteiger partial charge in [0.2, 0.25) is 0 Å². The number of rotatable bonds is 8. The zero-order valence-electron chi connectivity index (χ0n) is 19.3. The molecule has 8 nitrogen and oxygen atoms in total. The molecule has 8 heteroatoms. The Labute approximate surface area is 198 Å². The summed E-state index contributed by atoms with van der Waals surface area (Å²) in [5, 5.41) is 17.9. The fraction of sp³-hybridized carbons (Fsp3) is 0.154. The van der Waals surface area contributed by atoms with E-state index in [9.17, 15) is 0 Å². The number of anilines is 2. The van der Waals surface area contributed by atoms with E-state index in [1.165, 1.54) is 11.3 Å². The number of ether oxygens (including phenoxy) is 2. The average Bonchev–Trinajstić information content (AvgIpc) is 2.85. The molecule has 0 bridgehead atoms. The molecule has 0 fully saturated rings. The lowest BCUT2D eigenvalue weighted by atomic mass is 10.1. The maximum atomic E-state index is 7.89. The molecule has 34 heavy (non-hydrogen) atoms. The van der Waals surface area contributed by atoms with Gasteiger partial charge in [-0.05, 0) is 60.5 Å². The first-order chi connectivity index (χ1) is 16.5. The van der Waals surface area contributed by atoms with Crippen molar-refractivity contribution in [3.05, 3.63) is 84.2 Å². The lowest BCUT2D eigenvalue weighted by molar-refractivity contribution is 0.233. The second-order valence-corrected chi connectivity index (χ2v) is 7.67. The molecule has 0 saturated carbocycles. The van der Waals surface area contributed by atoms with E-state index in [-0.39, 0.29) is 12.4 Å². The van der Waals surface area contributed by atoms with Crippen LogP contribution < -0.4 is 10.1 Å². The molecule has 0 spiro atoms. The Kier molecular flexibility index (Phi) is 7.10. The number of aromatic nitrogens is 2. The summed E-state index contributed by atoms with van der Waals surface area (Å²) >= 11 is 0. The molecular weight excluding hydrogens is 428 g/mol. The van der Waals surface area contributed by atoms with Gasteiger partial charge in [-0.15, -0.1) is 0 Å². The van der Waals surface area contributed by atoms with E-state index < -0.39 is 0 Å². The lowest BCUT2D eigenvalue weighted by Crippen LogP contribution is -2.24. The third-order valence-electron chi connectivity index (χ3n) is 5.12. The van der Waals surface area contributed by atoms with Crippen molar-refractivity contribution in [2.45, 2.75) is 6.92 Å². The maximum Gasteiger partial charge on any atom is 0.143 e. The minimum Gasteiger partial charge on any atom is -0.457 e. The van der Waals surface area contributed by atoms with Crippen LogP contribution in [-0.2, 0) is 4.74 Å². The quantitative estimate of drug-likeness (QED) is 0.211. The molecule has 172 valence electrons. The van der Waals surface area contributed by atoms with Crippen molar-refractivity contribution in [2.24, 2.45) is 5.10 Å². The summed E-state index contributed by atoms with van der Waals surface area (Å²) in [4.78, 5) is 8.83. The van der Waals surface area contributed by atoms with E-state index in [1.54, 1.807) is 20.4 Å². The molecule has 4 rings (SSSR count). The number of fused-ring (bicyclic) bond motifs is 1. The summed E-state index contributed by atoms with van der Waals surface area (Å²) in [7, 11) is 3.26. The van der Waals surface area contributed by atoms with Gasteiger partial charge in [0.1, 0.15) is 36.1 Å². The van der Waals surface area contributed by atoms with E-state index in [1.807, 2.05) is 73.7 Å². The molecule has 1 heterocycles. The highest BCUT2D eigenvalue weighted by Crippen LogP contribution is 2.29. The van der Waals surface area contributed by atoms with Crippen LogP contribution in [0.15, 0.2) is 78.2 Å². The van der Waals surface area contributed by atoms with Crippen molar-refractivity contribution in [1.29, 1.82) is 5.41 Å². The van der Waals surface area contributed by atoms with Gasteiger partial charge in [-0.1, -0.05) is 24.3 Å². The summed E-state index contributed by atoms with van der Waals surface area (Å²) in [6.07, 6.45) is 3.23. The topological polar surface area (TPSA) is 95.7 Å². The highest BCUT2D eigenvalue weighted by molar-refractivity contribution is 5.95. The number of hydrogen-bond acceptors (Lipinski definition) is 7. The summed E-state index contributed by atoms with van der Waals surface area (Å²) in [5.41, 5.74) is 3.58. The lowest BCUT2D eigenvalue weighted by Gasteiger charge is -2.13. The molecule has 0 aliphatic carbocycles. The highest BCUT2D eigenvalue weighted by atomic mass is 16.5. The van der Waals surface area contributed by atoms with Gasteiger partial charge in [0.15, 0.2) is 0 Å². The first-order valence-electron chi connectivity index (χ1n) is 10.7. The monoisotopic (exact) mass is 454 g/mol. The summed E-state index contributed by atoms with van der Waals surface area (Å²) in [5.74, 6) is 2.55. The number of benzene rings is 3. The van der Waals surface area contributed by atoms with Crippen molar-refractivity contribution in [3.8, 4) is 11.5 Å². The van der Waals surface area contributed by atoms with Gasteiger partial charge in [-0.3, -0.25) is 10.4 Å². The SMILES string of the molecule is COCC(=N)N(C)N=Cc1ccc2ncnc(Nc3ccc(Oc4ccccc4)c(C)c3)c2c1. The Balaban J connectivity index is 1.55. The van der Waals surface area contributed by atoms with Crippen molar-refractivity contribution < 1.29 is 9.47 Å². The first kappa shape index (κ1) is 22.9. The van der Waals surface area contributed by atoms with Crippen LogP contribution in [0.5, 0.6) is 11.5 Å². The number of nitrogens with zero attached hydrogens (tertiary/aromatic N) is 4. The van der Waals surface area contributed by atoms with Crippen LogP contribution >= 0.6 is 0 Å². The van der Waals surface area contributed by atoms with Gasteiger partial charge in [-0.25, -0.2) is 9.97 Å². The van der Waals surface area contributed by atoms with Gasteiger partial charge in [0.25, 0.3) is 0 Å². The molecule has 0 atom stereocenters. The van der Waals surface area contributed by atoms with E-state index in [2.05, 4.69) is 20.4 Å². The molecule has 0 unspecified atom stereocenters. The molecular formula is C26H26N6O2.